The van der Waals surface area contributed by atoms with Gasteiger partial charge in [0.15, 0.2) is 0 Å². The first kappa shape index (κ1) is 30.7. The SMILES string of the molecule is Nc1nc(=O)c2c(CCc3ccc(C(=O)N[C@@H](CCC(=O)OCc4ccccc4)C(=O)OCc4ccccc4)cc3)c[nH]c2[nH]1. The largest absolute Gasteiger partial charge is 0.461 e. The van der Waals surface area contributed by atoms with E-state index in [0.29, 0.717) is 29.4 Å². The number of nitrogen functional groups attached to an aromatic ring is 1. The van der Waals surface area contributed by atoms with E-state index in [1.807, 2.05) is 72.8 Å². The molecular weight excluding hydrogens is 574 g/mol. The number of carbonyl (C=O) groups is 3. The molecule has 11 nitrogen and oxygen atoms in total. The van der Waals surface area contributed by atoms with E-state index in [1.54, 1.807) is 18.3 Å². The number of aryl methyl sites for hydroxylation is 2. The molecule has 2 heterocycles. The smallest absolute Gasteiger partial charge is 0.328 e. The molecule has 5 aromatic rings. The van der Waals surface area contributed by atoms with Gasteiger partial charge in [-0.2, -0.15) is 4.98 Å². The topological polar surface area (TPSA) is 169 Å². The molecule has 0 spiro atoms. The number of nitrogens with one attached hydrogen (secondary N) is 3. The molecule has 0 saturated carbocycles. The lowest BCUT2D eigenvalue weighted by molar-refractivity contribution is -0.148. The number of hydrogen-bond acceptors (Lipinski definition) is 8. The van der Waals surface area contributed by atoms with E-state index in [1.165, 1.54) is 0 Å². The van der Waals surface area contributed by atoms with Crippen LogP contribution >= 0.6 is 0 Å². The lowest BCUT2D eigenvalue weighted by Gasteiger charge is -2.18. The van der Waals surface area contributed by atoms with Crippen LogP contribution in [-0.4, -0.2) is 38.8 Å². The Morgan fingerprint density at radius 3 is 2.13 bits per heavy atom. The highest BCUT2D eigenvalue weighted by atomic mass is 16.5. The molecule has 3 aromatic carbocycles. The number of amides is 1. The number of rotatable bonds is 13. The molecule has 0 aliphatic heterocycles. The number of esters is 2. The predicted molar refractivity (Wildman–Crippen MR) is 168 cm³/mol. The number of fused-ring (bicyclic) bond motifs is 1. The van der Waals surface area contributed by atoms with Crippen molar-refractivity contribution in [3.8, 4) is 0 Å². The highest BCUT2D eigenvalue weighted by molar-refractivity contribution is 5.97. The minimum atomic E-state index is -1.06. The van der Waals surface area contributed by atoms with Crippen molar-refractivity contribution in [1.82, 2.24) is 20.3 Å². The maximum absolute atomic E-state index is 13.2. The quantitative estimate of drug-likeness (QED) is 0.146. The molecular formula is C34H33N5O6. The van der Waals surface area contributed by atoms with Gasteiger partial charge in [-0.05, 0) is 53.6 Å². The molecule has 0 aliphatic carbocycles. The zero-order valence-electron chi connectivity index (χ0n) is 24.5. The third-order valence-electron chi connectivity index (χ3n) is 7.24. The number of H-pyrrole nitrogens is 2. The van der Waals surface area contributed by atoms with Crippen LogP contribution in [0.1, 0.15) is 45.5 Å². The van der Waals surface area contributed by atoms with Gasteiger partial charge in [-0.15, -0.1) is 0 Å². The highest BCUT2D eigenvalue weighted by Gasteiger charge is 2.24. The van der Waals surface area contributed by atoms with Gasteiger partial charge in [0.1, 0.15) is 24.9 Å². The van der Waals surface area contributed by atoms with Crippen LogP contribution in [0.3, 0.4) is 0 Å². The Labute approximate surface area is 258 Å². The summed E-state index contributed by atoms with van der Waals surface area (Å²) < 4.78 is 10.8. The summed E-state index contributed by atoms with van der Waals surface area (Å²) in [7, 11) is 0. The van der Waals surface area contributed by atoms with Crippen molar-refractivity contribution >= 4 is 34.8 Å². The number of hydrogen-bond donors (Lipinski definition) is 4. The van der Waals surface area contributed by atoms with Crippen LogP contribution in [0.25, 0.3) is 11.0 Å². The third kappa shape index (κ3) is 8.44. The molecule has 230 valence electrons. The summed E-state index contributed by atoms with van der Waals surface area (Å²) >= 11 is 0. The van der Waals surface area contributed by atoms with E-state index in [4.69, 9.17) is 15.2 Å². The van der Waals surface area contributed by atoms with Crippen LogP contribution < -0.4 is 16.6 Å². The van der Waals surface area contributed by atoms with Gasteiger partial charge in [-0.3, -0.25) is 14.4 Å². The predicted octanol–water partition coefficient (Wildman–Crippen LogP) is 3.98. The van der Waals surface area contributed by atoms with Crippen LogP contribution in [0.5, 0.6) is 0 Å². The maximum Gasteiger partial charge on any atom is 0.328 e. The van der Waals surface area contributed by atoms with Crippen molar-refractivity contribution in [1.29, 1.82) is 0 Å². The van der Waals surface area contributed by atoms with Gasteiger partial charge >= 0.3 is 11.9 Å². The second-order valence-corrected chi connectivity index (χ2v) is 10.5. The zero-order chi connectivity index (χ0) is 31.6. The molecule has 1 amide bonds. The van der Waals surface area contributed by atoms with Crippen LogP contribution in [0.4, 0.5) is 5.95 Å². The van der Waals surface area contributed by atoms with Gasteiger partial charge in [-0.25, -0.2) is 4.79 Å². The van der Waals surface area contributed by atoms with Gasteiger partial charge in [0.2, 0.25) is 5.95 Å². The van der Waals surface area contributed by atoms with Crippen molar-refractivity contribution in [2.24, 2.45) is 0 Å². The standard InChI is InChI=1S/C34H33N5O6/c35-34-38-30-29(32(42)39-34)26(19-36-30)16-13-22-11-14-25(15-12-22)31(41)37-27(33(43)45-21-24-9-5-2-6-10-24)17-18-28(40)44-20-23-7-3-1-4-8-23/h1-12,14-15,19,27H,13,16-18,20-21H2,(H,37,41)(H4,35,36,38,39,42)/t27-/m0/s1. The Balaban J connectivity index is 1.19. The van der Waals surface area contributed by atoms with Gasteiger partial charge in [0.25, 0.3) is 11.5 Å². The Kier molecular flexibility index (Phi) is 10.0. The van der Waals surface area contributed by atoms with Crippen molar-refractivity contribution in [2.45, 2.75) is 44.9 Å². The first-order chi connectivity index (χ1) is 21.9. The minimum absolute atomic E-state index is 0.00925. The molecule has 1 atom stereocenters. The molecule has 0 aliphatic rings. The minimum Gasteiger partial charge on any atom is -0.461 e. The van der Waals surface area contributed by atoms with Crippen LogP contribution in [0, 0.1) is 0 Å². The average molecular weight is 608 g/mol. The Morgan fingerprint density at radius 1 is 0.822 bits per heavy atom. The van der Waals surface area contributed by atoms with Crippen molar-refractivity contribution in [2.75, 3.05) is 5.73 Å². The second kappa shape index (κ2) is 14.6. The monoisotopic (exact) mass is 607 g/mol. The van der Waals surface area contributed by atoms with E-state index in [9.17, 15) is 19.2 Å². The van der Waals surface area contributed by atoms with E-state index >= 15 is 0 Å². The molecule has 11 heteroatoms. The normalized spacial score (nSPS) is 11.6. The second-order valence-electron chi connectivity index (χ2n) is 10.5. The Bertz CT molecular complexity index is 1820. The Morgan fingerprint density at radius 2 is 1.47 bits per heavy atom. The van der Waals surface area contributed by atoms with Crippen molar-refractivity contribution < 1.29 is 23.9 Å². The lowest BCUT2D eigenvalue weighted by atomic mass is 10.0. The van der Waals surface area contributed by atoms with Crippen molar-refractivity contribution in [3.63, 3.8) is 0 Å². The average Bonchev–Trinajstić information content (AvgIpc) is 3.47. The number of nitrogens with two attached hydrogens (primary N) is 1. The molecule has 0 unspecified atom stereocenters. The van der Waals surface area contributed by atoms with Crippen LogP contribution in [-0.2, 0) is 45.1 Å². The van der Waals surface area contributed by atoms with Gasteiger partial charge in [0, 0.05) is 18.2 Å². The fraction of sp³-hybridized carbons (Fsp3) is 0.206. The number of carbonyl (C=O) groups excluding carboxylic acids is 3. The third-order valence-corrected chi connectivity index (χ3v) is 7.24. The number of aromatic amines is 2. The fourth-order valence-electron chi connectivity index (χ4n) is 4.82. The zero-order valence-corrected chi connectivity index (χ0v) is 24.5. The molecule has 0 saturated heterocycles. The summed E-state index contributed by atoms with van der Waals surface area (Å²) in [5.41, 5.74) is 9.48. The summed E-state index contributed by atoms with van der Waals surface area (Å²) in [4.78, 5) is 60.6. The van der Waals surface area contributed by atoms with E-state index < -0.39 is 29.4 Å². The highest BCUT2D eigenvalue weighted by Crippen LogP contribution is 2.16. The molecule has 45 heavy (non-hydrogen) atoms. The van der Waals surface area contributed by atoms with E-state index in [0.717, 1.165) is 22.3 Å². The molecule has 0 radical (unpaired) electrons. The summed E-state index contributed by atoms with van der Waals surface area (Å²) in [5, 5.41) is 3.19. The molecule has 0 bridgehead atoms. The summed E-state index contributed by atoms with van der Waals surface area (Å²) in [5.74, 6) is -1.57. The number of aromatic nitrogens is 3. The Hall–Kier alpha value is -5.71. The number of anilines is 1. The number of ether oxygens (including phenoxy) is 2. The molecule has 0 fully saturated rings. The first-order valence-electron chi connectivity index (χ1n) is 14.5. The summed E-state index contributed by atoms with van der Waals surface area (Å²) in [6, 6.07) is 24.3. The lowest BCUT2D eigenvalue weighted by Crippen LogP contribution is -2.42. The van der Waals surface area contributed by atoms with E-state index in [2.05, 4.69) is 20.3 Å². The molecule has 5 rings (SSSR count). The van der Waals surface area contributed by atoms with Crippen LogP contribution in [0.15, 0.2) is 95.9 Å². The first-order valence-corrected chi connectivity index (χ1v) is 14.5. The van der Waals surface area contributed by atoms with E-state index in [-0.39, 0.29) is 32.0 Å². The van der Waals surface area contributed by atoms with Gasteiger partial charge < -0.3 is 30.5 Å². The molecule has 5 N–H and O–H groups in total. The molecule has 2 aromatic heterocycles. The number of benzene rings is 3. The summed E-state index contributed by atoms with van der Waals surface area (Å²) in [6.07, 6.45) is 2.85. The van der Waals surface area contributed by atoms with Gasteiger partial charge in [-0.1, -0.05) is 72.8 Å². The maximum atomic E-state index is 13.2. The number of nitrogens with zero attached hydrogens (tertiary/aromatic N) is 1. The fourth-order valence-corrected chi connectivity index (χ4v) is 4.82. The summed E-state index contributed by atoms with van der Waals surface area (Å²) in [6.45, 7) is 0.148. The van der Waals surface area contributed by atoms with Crippen LogP contribution in [0.2, 0.25) is 0 Å². The van der Waals surface area contributed by atoms with Crippen molar-refractivity contribution in [3.05, 3.63) is 129 Å². The van der Waals surface area contributed by atoms with Gasteiger partial charge in [0.05, 0.1) is 5.39 Å².